The van der Waals surface area contributed by atoms with E-state index in [9.17, 15) is 18.0 Å². The molecule has 0 bridgehead atoms. The van der Waals surface area contributed by atoms with Crippen LogP contribution in [0.25, 0.3) is 0 Å². The molecule has 0 fully saturated rings. The first kappa shape index (κ1) is 16.5. The summed E-state index contributed by atoms with van der Waals surface area (Å²) in [4.78, 5) is 11.4. The van der Waals surface area contributed by atoms with E-state index >= 15 is 0 Å². The molecule has 4 nitrogen and oxygen atoms in total. The van der Waals surface area contributed by atoms with Gasteiger partial charge in [0, 0.05) is 24.9 Å². The summed E-state index contributed by atoms with van der Waals surface area (Å²) in [5, 5.41) is 2.53. The highest BCUT2D eigenvalue weighted by Crippen LogP contribution is 2.30. The Morgan fingerprint density at radius 1 is 1.45 bits per heavy atom. The summed E-state index contributed by atoms with van der Waals surface area (Å²) in [6, 6.07) is 5.52. The highest BCUT2D eigenvalue weighted by Gasteiger charge is 2.28. The van der Waals surface area contributed by atoms with Gasteiger partial charge in [0.25, 0.3) is 0 Å². The number of rotatable bonds is 5. The van der Waals surface area contributed by atoms with Gasteiger partial charge < -0.3 is 14.8 Å². The van der Waals surface area contributed by atoms with Gasteiger partial charge in [0.05, 0.1) is 20.1 Å². The molecule has 1 atom stereocenters. The molecule has 0 aliphatic carbocycles. The van der Waals surface area contributed by atoms with Crippen molar-refractivity contribution in [2.24, 2.45) is 5.92 Å². The minimum Gasteiger partial charge on any atom is -0.497 e. The van der Waals surface area contributed by atoms with Crippen molar-refractivity contribution < 1.29 is 27.4 Å². The van der Waals surface area contributed by atoms with Crippen LogP contribution in [-0.2, 0) is 11.2 Å². The molecule has 1 amide bonds. The topological polar surface area (TPSA) is 47.6 Å². The van der Waals surface area contributed by atoms with Crippen molar-refractivity contribution in [2.45, 2.75) is 25.4 Å². The Morgan fingerprint density at radius 2 is 2.23 bits per heavy atom. The number of carbonyl (C=O) groups excluding carboxylic acids is 1. The van der Waals surface area contributed by atoms with Crippen LogP contribution in [0.15, 0.2) is 18.2 Å². The normalized spacial score (nSPS) is 17.4. The van der Waals surface area contributed by atoms with Crippen LogP contribution in [-0.4, -0.2) is 32.3 Å². The summed E-state index contributed by atoms with van der Waals surface area (Å²) >= 11 is 0. The van der Waals surface area contributed by atoms with Crippen LogP contribution in [0, 0.1) is 5.92 Å². The Morgan fingerprint density at radius 3 is 2.91 bits per heavy atom. The largest absolute Gasteiger partial charge is 0.497 e. The maximum absolute atomic E-state index is 12.0. The zero-order valence-corrected chi connectivity index (χ0v) is 12.2. The maximum Gasteiger partial charge on any atom is 0.389 e. The molecule has 1 aliphatic rings. The number of amides is 1. The van der Waals surface area contributed by atoms with Gasteiger partial charge in [-0.2, -0.15) is 13.2 Å². The van der Waals surface area contributed by atoms with E-state index in [0.29, 0.717) is 25.3 Å². The third-order valence-corrected chi connectivity index (χ3v) is 3.48. The molecule has 7 heteroatoms. The van der Waals surface area contributed by atoms with E-state index in [4.69, 9.17) is 9.47 Å². The van der Waals surface area contributed by atoms with Gasteiger partial charge in [-0.25, -0.2) is 0 Å². The first-order valence-electron chi connectivity index (χ1n) is 7.00. The minimum atomic E-state index is -4.30. The number of ether oxygens (including phenoxy) is 2. The number of carbonyl (C=O) groups is 1. The summed E-state index contributed by atoms with van der Waals surface area (Å²) in [5.74, 6) is 0.922. The monoisotopic (exact) mass is 317 g/mol. The summed E-state index contributed by atoms with van der Waals surface area (Å²) in [6.45, 7) is 0.724. The third kappa shape index (κ3) is 4.82. The fourth-order valence-corrected chi connectivity index (χ4v) is 2.28. The van der Waals surface area contributed by atoms with Gasteiger partial charge in [-0.05, 0) is 18.1 Å². The first-order chi connectivity index (χ1) is 10.4. The molecule has 0 unspecified atom stereocenters. The van der Waals surface area contributed by atoms with Crippen molar-refractivity contribution >= 4 is 5.91 Å². The number of halogens is 3. The van der Waals surface area contributed by atoms with Crippen LogP contribution < -0.4 is 14.8 Å². The van der Waals surface area contributed by atoms with Gasteiger partial charge in [-0.1, -0.05) is 6.07 Å². The first-order valence-corrected chi connectivity index (χ1v) is 7.00. The maximum atomic E-state index is 12.0. The molecule has 1 aromatic rings. The summed E-state index contributed by atoms with van der Waals surface area (Å²) in [5.41, 5.74) is 1.00. The number of nitrogens with one attached hydrogen (secondary N) is 1. The molecule has 0 saturated carbocycles. The van der Waals surface area contributed by atoms with E-state index in [1.807, 2.05) is 12.1 Å². The second-order valence-corrected chi connectivity index (χ2v) is 5.27. The van der Waals surface area contributed by atoms with Crippen LogP contribution >= 0.6 is 0 Å². The van der Waals surface area contributed by atoms with E-state index < -0.39 is 24.9 Å². The Kier molecular flexibility index (Phi) is 5.15. The minimum absolute atomic E-state index is 0.0516. The molecule has 0 aromatic heterocycles. The number of benzene rings is 1. The van der Waals surface area contributed by atoms with E-state index in [0.717, 1.165) is 11.3 Å². The number of fused-ring (bicyclic) bond motifs is 1. The van der Waals surface area contributed by atoms with Crippen molar-refractivity contribution in [1.29, 1.82) is 0 Å². The van der Waals surface area contributed by atoms with Gasteiger partial charge in [-0.15, -0.1) is 0 Å². The number of methoxy groups -OCH3 is 1. The van der Waals surface area contributed by atoms with Crippen molar-refractivity contribution in [3.63, 3.8) is 0 Å². The number of hydrogen-bond acceptors (Lipinski definition) is 3. The third-order valence-electron chi connectivity index (χ3n) is 3.48. The summed E-state index contributed by atoms with van der Waals surface area (Å²) in [7, 11) is 1.57. The van der Waals surface area contributed by atoms with Crippen molar-refractivity contribution in [2.75, 3.05) is 20.3 Å². The molecular formula is C15H18F3NO3. The molecular weight excluding hydrogens is 299 g/mol. The van der Waals surface area contributed by atoms with Gasteiger partial charge in [0.1, 0.15) is 11.5 Å². The quantitative estimate of drug-likeness (QED) is 0.908. The molecule has 1 aromatic carbocycles. The van der Waals surface area contributed by atoms with Crippen molar-refractivity contribution in [1.82, 2.24) is 5.32 Å². The van der Waals surface area contributed by atoms with Gasteiger partial charge in [-0.3, -0.25) is 4.79 Å². The van der Waals surface area contributed by atoms with Gasteiger partial charge >= 0.3 is 6.18 Å². The second kappa shape index (κ2) is 6.89. The average Bonchev–Trinajstić information content (AvgIpc) is 2.49. The molecule has 2 rings (SSSR count). The molecule has 0 radical (unpaired) electrons. The van der Waals surface area contributed by atoms with Gasteiger partial charge in [0.15, 0.2) is 0 Å². The molecule has 1 N–H and O–H groups in total. The number of hydrogen-bond donors (Lipinski definition) is 1. The van der Waals surface area contributed by atoms with E-state index in [2.05, 4.69) is 5.32 Å². The second-order valence-electron chi connectivity index (χ2n) is 5.27. The number of alkyl halides is 3. The summed E-state index contributed by atoms with van der Waals surface area (Å²) < 4.78 is 46.8. The lowest BCUT2D eigenvalue weighted by molar-refractivity contribution is -0.144. The fourth-order valence-electron chi connectivity index (χ4n) is 2.28. The molecule has 1 heterocycles. The highest BCUT2D eigenvalue weighted by atomic mass is 19.4. The average molecular weight is 317 g/mol. The smallest absolute Gasteiger partial charge is 0.389 e. The molecule has 0 saturated heterocycles. The van der Waals surface area contributed by atoms with E-state index in [-0.39, 0.29) is 5.92 Å². The predicted octanol–water partition coefficient (Wildman–Crippen LogP) is 2.71. The molecule has 1 aliphatic heterocycles. The molecule has 22 heavy (non-hydrogen) atoms. The van der Waals surface area contributed by atoms with Crippen molar-refractivity contribution in [3.05, 3.63) is 23.8 Å². The molecule has 0 spiro atoms. The zero-order valence-electron chi connectivity index (χ0n) is 12.2. The Balaban J connectivity index is 1.80. The lowest BCUT2D eigenvalue weighted by Crippen LogP contribution is -2.35. The van der Waals surface area contributed by atoms with Crippen molar-refractivity contribution in [3.8, 4) is 11.5 Å². The van der Waals surface area contributed by atoms with Crippen LogP contribution in [0.5, 0.6) is 11.5 Å². The molecule has 122 valence electrons. The highest BCUT2D eigenvalue weighted by molar-refractivity contribution is 5.75. The van der Waals surface area contributed by atoms with Crippen LogP contribution in [0.3, 0.4) is 0 Å². The Labute approximate surface area is 126 Å². The zero-order chi connectivity index (χ0) is 16.2. The standard InChI is InChI=1S/C15H18F3NO3/c1-21-12-3-2-11-6-10(9-22-13(11)7-12)8-19-14(20)4-5-15(16,17)18/h2-3,7,10H,4-6,8-9H2,1H3,(H,19,20)/t10-/m1/s1. The predicted molar refractivity (Wildman–Crippen MR) is 74.0 cm³/mol. The van der Waals surface area contributed by atoms with Gasteiger partial charge in [0.2, 0.25) is 5.91 Å². The Bertz CT molecular complexity index is 531. The summed E-state index contributed by atoms with van der Waals surface area (Å²) in [6.07, 6.45) is -5.23. The van der Waals surface area contributed by atoms with E-state index in [1.54, 1.807) is 13.2 Å². The van der Waals surface area contributed by atoms with Crippen LogP contribution in [0.1, 0.15) is 18.4 Å². The van der Waals surface area contributed by atoms with Crippen LogP contribution in [0.4, 0.5) is 13.2 Å². The van der Waals surface area contributed by atoms with E-state index in [1.165, 1.54) is 0 Å². The lowest BCUT2D eigenvalue weighted by Gasteiger charge is -2.25. The SMILES string of the molecule is COc1ccc2c(c1)OC[C@@H](CNC(=O)CCC(F)(F)F)C2. The fraction of sp³-hybridized carbons (Fsp3) is 0.533. The Hall–Kier alpha value is -1.92. The lowest BCUT2D eigenvalue weighted by atomic mass is 9.96. The van der Waals surface area contributed by atoms with Crippen LogP contribution in [0.2, 0.25) is 0 Å².